The van der Waals surface area contributed by atoms with E-state index in [2.05, 4.69) is 0 Å². The first-order valence-corrected chi connectivity index (χ1v) is 6.28. The lowest BCUT2D eigenvalue weighted by Gasteiger charge is -2.35. The van der Waals surface area contributed by atoms with Crippen molar-refractivity contribution in [2.45, 2.75) is 18.3 Å². The maximum Gasteiger partial charge on any atom is 0.151 e. The Morgan fingerprint density at radius 3 is 2.37 bits per heavy atom. The third kappa shape index (κ3) is 3.15. The van der Waals surface area contributed by atoms with E-state index in [-0.39, 0.29) is 18.3 Å². The van der Waals surface area contributed by atoms with Gasteiger partial charge in [0.05, 0.1) is 6.61 Å². The molecule has 0 aromatic heterocycles. The standard InChI is InChI=1S/C15H20O4/c1-16-10-14-15(18-3)13(17-2)9-12(19-14)11-7-5-4-6-8-11/h4-9,13-15H,10H2,1-3H3/t13-,14-,15+/m1/s1. The quantitative estimate of drug-likeness (QED) is 0.816. The average molecular weight is 264 g/mol. The zero-order valence-electron chi connectivity index (χ0n) is 11.5. The zero-order chi connectivity index (χ0) is 13.7. The summed E-state index contributed by atoms with van der Waals surface area (Å²) < 4.78 is 22.1. The van der Waals surface area contributed by atoms with Gasteiger partial charge in [0, 0.05) is 26.9 Å². The molecule has 0 aliphatic carbocycles. The Labute approximate surface area is 113 Å². The Hall–Kier alpha value is -1.36. The smallest absolute Gasteiger partial charge is 0.151 e. The topological polar surface area (TPSA) is 36.9 Å². The molecular formula is C15H20O4. The lowest BCUT2D eigenvalue weighted by atomic mass is 10.0. The summed E-state index contributed by atoms with van der Waals surface area (Å²) in [5.74, 6) is 0.808. The lowest BCUT2D eigenvalue weighted by Crippen LogP contribution is -2.45. The van der Waals surface area contributed by atoms with Gasteiger partial charge in [0.2, 0.25) is 0 Å². The molecule has 0 fully saturated rings. The van der Waals surface area contributed by atoms with Crippen LogP contribution in [0.3, 0.4) is 0 Å². The van der Waals surface area contributed by atoms with Crippen molar-refractivity contribution in [1.82, 2.24) is 0 Å². The van der Waals surface area contributed by atoms with Gasteiger partial charge >= 0.3 is 0 Å². The van der Waals surface area contributed by atoms with Crippen LogP contribution >= 0.6 is 0 Å². The van der Waals surface area contributed by atoms with Crippen LogP contribution in [0.1, 0.15) is 5.56 Å². The van der Waals surface area contributed by atoms with Gasteiger partial charge in [-0.3, -0.25) is 0 Å². The highest BCUT2D eigenvalue weighted by atomic mass is 16.6. The first-order valence-electron chi connectivity index (χ1n) is 6.28. The van der Waals surface area contributed by atoms with E-state index < -0.39 is 0 Å². The SMILES string of the molecule is COC[C@H]1OC(c2ccccc2)=C[C@@H](OC)[C@@H]1OC. The maximum absolute atomic E-state index is 5.98. The minimum absolute atomic E-state index is 0.144. The third-order valence-corrected chi connectivity index (χ3v) is 3.22. The molecule has 2 rings (SSSR count). The summed E-state index contributed by atoms with van der Waals surface area (Å²) >= 11 is 0. The Bertz CT molecular complexity index is 415. The molecule has 104 valence electrons. The summed E-state index contributed by atoms with van der Waals surface area (Å²) in [4.78, 5) is 0. The molecule has 0 unspecified atom stereocenters. The van der Waals surface area contributed by atoms with Gasteiger partial charge in [-0.2, -0.15) is 0 Å². The molecule has 3 atom stereocenters. The van der Waals surface area contributed by atoms with Crippen molar-refractivity contribution < 1.29 is 18.9 Å². The van der Waals surface area contributed by atoms with Crippen LogP contribution in [0.25, 0.3) is 5.76 Å². The summed E-state index contributed by atoms with van der Waals surface area (Å²) in [7, 11) is 4.98. The molecule has 1 aromatic rings. The monoisotopic (exact) mass is 264 g/mol. The molecule has 0 bridgehead atoms. The van der Waals surface area contributed by atoms with Crippen LogP contribution < -0.4 is 0 Å². The number of hydrogen-bond donors (Lipinski definition) is 0. The average Bonchev–Trinajstić information content (AvgIpc) is 2.47. The first kappa shape index (κ1) is 14.1. The van der Waals surface area contributed by atoms with Crippen molar-refractivity contribution in [1.29, 1.82) is 0 Å². The summed E-state index contributed by atoms with van der Waals surface area (Å²) in [6.07, 6.45) is 1.46. The summed E-state index contributed by atoms with van der Waals surface area (Å²) in [6.45, 7) is 0.461. The summed E-state index contributed by atoms with van der Waals surface area (Å²) in [6, 6.07) is 9.96. The van der Waals surface area contributed by atoms with E-state index in [1.54, 1.807) is 21.3 Å². The molecule has 1 heterocycles. The zero-order valence-corrected chi connectivity index (χ0v) is 11.5. The predicted octanol–water partition coefficient (Wildman–Crippen LogP) is 2.10. The van der Waals surface area contributed by atoms with E-state index in [9.17, 15) is 0 Å². The van der Waals surface area contributed by atoms with Crippen LogP contribution in [-0.4, -0.2) is 46.2 Å². The van der Waals surface area contributed by atoms with Crippen molar-refractivity contribution in [3.63, 3.8) is 0 Å². The fourth-order valence-electron chi connectivity index (χ4n) is 2.27. The van der Waals surface area contributed by atoms with E-state index in [0.717, 1.165) is 11.3 Å². The molecule has 0 saturated heterocycles. The minimum Gasteiger partial charge on any atom is -0.485 e. The van der Waals surface area contributed by atoms with Crippen LogP contribution in [0, 0.1) is 0 Å². The summed E-state index contributed by atoms with van der Waals surface area (Å²) in [5.41, 5.74) is 1.03. The molecule has 0 radical (unpaired) electrons. The minimum atomic E-state index is -0.180. The number of rotatable bonds is 5. The molecular weight excluding hydrogens is 244 g/mol. The van der Waals surface area contributed by atoms with Gasteiger partial charge in [-0.25, -0.2) is 0 Å². The Morgan fingerprint density at radius 2 is 1.79 bits per heavy atom. The molecule has 0 N–H and O–H groups in total. The van der Waals surface area contributed by atoms with Gasteiger partial charge in [-0.05, 0) is 6.08 Å². The lowest BCUT2D eigenvalue weighted by molar-refractivity contribution is -0.106. The fraction of sp³-hybridized carbons (Fsp3) is 0.467. The van der Waals surface area contributed by atoms with Crippen LogP contribution in [0.2, 0.25) is 0 Å². The largest absolute Gasteiger partial charge is 0.485 e. The maximum atomic E-state index is 5.98. The molecule has 1 aliphatic rings. The molecule has 0 saturated carbocycles. The van der Waals surface area contributed by atoms with Crippen molar-refractivity contribution in [3.8, 4) is 0 Å². The molecule has 4 nitrogen and oxygen atoms in total. The van der Waals surface area contributed by atoms with Crippen molar-refractivity contribution in [3.05, 3.63) is 42.0 Å². The normalized spacial score (nSPS) is 26.7. The van der Waals surface area contributed by atoms with Crippen LogP contribution in [0.4, 0.5) is 0 Å². The van der Waals surface area contributed by atoms with Gasteiger partial charge < -0.3 is 18.9 Å². The highest BCUT2D eigenvalue weighted by molar-refractivity contribution is 5.61. The number of benzene rings is 1. The fourth-order valence-corrected chi connectivity index (χ4v) is 2.27. The van der Waals surface area contributed by atoms with E-state index in [1.807, 2.05) is 36.4 Å². The molecule has 0 amide bonds. The van der Waals surface area contributed by atoms with Gasteiger partial charge in [-0.1, -0.05) is 30.3 Å². The third-order valence-electron chi connectivity index (χ3n) is 3.22. The van der Waals surface area contributed by atoms with Crippen LogP contribution in [0.15, 0.2) is 36.4 Å². The molecule has 19 heavy (non-hydrogen) atoms. The molecule has 4 heteroatoms. The Morgan fingerprint density at radius 1 is 1.05 bits per heavy atom. The van der Waals surface area contributed by atoms with Gasteiger partial charge in [-0.15, -0.1) is 0 Å². The number of hydrogen-bond acceptors (Lipinski definition) is 4. The first-order chi connectivity index (χ1) is 9.30. The molecule has 0 spiro atoms. The van der Waals surface area contributed by atoms with E-state index in [1.165, 1.54) is 0 Å². The van der Waals surface area contributed by atoms with Gasteiger partial charge in [0.1, 0.15) is 18.0 Å². The summed E-state index contributed by atoms with van der Waals surface area (Å²) in [5, 5.41) is 0. The van der Waals surface area contributed by atoms with Crippen molar-refractivity contribution in [2.75, 3.05) is 27.9 Å². The highest BCUT2D eigenvalue weighted by Crippen LogP contribution is 2.28. The number of methoxy groups -OCH3 is 3. The predicted molar refractivity (Wildman–Crippen MR) is 72.8 cm³/mol. The molecule has 1 aliphatic heterocycles. The molecule has 1 aromatic carbocycles. The van der Waals surface area contributed by atoms with Crippen molar-refractivity contribution in [2.24, 2.45) is 0 Å². The Kier molecular flexibility index (Phi) is 4.96. The second-order valence-electron chi connectivity index (χ2n) is 4.41. The van der Waals surface area contributed by atoms with E-state index in [4.69, 9.17) is 18.9 Å². The second kappa shape index (κ2) is 6.70. The number of ether oxygens (including phenoxy) is 4. The second-order valence-corrected chi connectivity index (χ2v) is 4.41. The van der Waals surface area contributed by atoms with Crippen molar-refractivity contribution >= 4 is 5.76 Å². The van der Waals surface area contributed by atoms with Crippen LogP contribution in [0.5, 0.6) is 0 Å². The van der Waals surface area contributed by atoms with Gasteiger partial charge in [0.15, 0.2) is 6.10 Å². The Balaban J connectivity index is 2.27. The highest BCUT2D eigenvalue weighted by Gasteiger charge is 2.35. The van der Waals surface area contributed by atoms with Crippen LogP contribution in [-0.2, 0) is 18.9 Å². The van der Waals surface area contributed by atoms with E-state index in [0.29, 0.717) is 6.61 Å². The van der Waals surface area contributed by atoms with Gasteiger partial charge in [0.25, 0.3) is 0 Å². The van der Waals surface area contributed by atoms with E-state index >= 15 is 0 Å².